The molecule has 0 spiro atoms. The van der Waals surface area contributed by atoms with E-state index in [4.69, 9.17) is 4.74 Å². The lowest BCUT2D eigenvalue weighted by molar-refractivity contribution is -0.141. The maximum Gasteiger partial charge on any atom is 0.263 e. The van der Waals surface area contributed by atoms with E-state index in [9.17, 15) is 14.3 Å². The van der Waals surface area contributed by atoms with Crippen LogP contribution in [0.1, 0.15) is 19.8 Å². The van der Waals surface area contributed by atoms with E-state index < -0.39 is 12.2 Å². The average molecular weight is 267 g/mol. The van der Waals surface area contributed by atoms with Crippen LogP contribution in [-0.2, 0) is 4.79 Å². The number of rotatable bonds is 3. The highest BCUT2D eigenvalue weighted by molar-refractivity contribution is 5.81. The molecule has 1 aliphatic heterocycles. The molecule has 19 heavy (non-hydrogen) atoms. The Morgan fingerprint density at radius 2 is 2.16 bits per heavy atom. The standard InChI is InChI=1S/C14H18FNO3/c1-10(19-13-6-4-11(15)5-7-13)14(18)16-8-2-3-12(17)9-16/h4-7,10,12,17H,2-3,8-9H2,1H3/t10?,12-/m0/s1. The van der Waals surface area contributed by atoms with Crippen molar-refractivity contribution in [3.8, 4) is 5.75 Å². The summed E-state index contributed by atoms with van der Waals surface area (Å²) < 4.78 is 18.2. The molecular weight excluding hydrogens is 249 g/mol. The molecule has 1 saturated heterocycles. The van der Waals surface area contributed by atoms with E-state index in [2.05, 4.69) is 0 Å². The number of hydrogen-bond acceptors (Lipinski definition) is 3. The van der Waals surface area contributed by atoms with Gasteiger partial charge in [-0.2, -0.15) is 0 Å². The summed E-state index contributed by atoms with van der Waals surface area (Å²) >= 11 is 0. The lowest BCUT2D eigenvalue weighted by atomic mass is 10.1. The van der Waals surface area contributed by atoms with Crippen molar-refractivity contribution < 1.29 is 19.0 Å². The number of hydrogen-bond donors (Lipinski definition) is 1. The van der Waals surface area contributed by atoms with Crippen molar-refractivity contribution in [3.63, 3.8) is 0 Å². The molecule has 1 unspecified atom stereocenters. The summed E-state index contributed by atoms with van der Waals surface area (Å²) in [6, 6.07) is 5.56. The maximum absolute atomic E-state index is 12.8. The van der Waals surface area contributed by atoms with Crippen molar-refractivity contribution in [3.05, 3.63) is 30.1 Å². The van der Waals surface area contributed by atoms with Crippen molar-refractivity contribution in [1.82, 2.24) is 4.90 Å². The van der Waals surface area contributed by atoms with Crippen molar-refractivity contribution in [1.29, 1.82) is 0 Å². The molecule has 1 amide bonds. The summed E-state index contributed by atoms with van der Waals surface area (Å²) in [5.41, 5.74) is 0. The van der Waals surface area contributed by atoms with Gasteiger partial charge in [0, 0.05) is 13.1 Å². The van der Waals surface area contributed by atoms with Crippen LogP contribution in [0.4, 0.5) is 4.39 Å². The molecule has 0 saturated carbocycles. The summed E-state index contributed by atoms with van der Waals surface area (Å²) in [6.45, 7) is 2.66. The minimum absolute atomic E-state index is 0.150. The third kappa shape index (κ3) is 3.67. The van der Waals surface area contributed by atoms with Gasteiger partial charge in [0.1, 0.15) is 11.6 Å². The predicted molar refractivity (Wildman–Crippen MR) is 68.3 cm³/mol. The second kappa shape index (κ2) is 6.02. The van der Waals surface area contributed by atoms with E-state index in [1.807, 2.05) is 0 Å². The fraction of sp³-hybridized carbons (Fsp3) is 0.500. The fourth-order valence-corrected chi connectivity index (χ4v) is 2.18. The minimum atomic E-state index is -0.643. The van der Waals surface area contributed by atoms with Crippen molar-refractivity contribution >= 4 is 5.91 Å². The molecule has 104 valence electrons. The number of benzene rings is 1. The van der Waals surface area contributed by atoms with Gasteiger partial charge in [-0.15, -0.1) is 0 Å². The zero-order chi connectivity index (χ0) is 13.8. The molecule has 2 rings (SSSR count). The topological polar surface area (TPSA) is 49.8 Å². The van der Waals surface area contributed by atoms with Crippen LogP contribution < -0.4 is 4.74 Å². The van der Waals surface area contributed by atoms with Gasteiger partial charge in [0.05, 0.1) is 6.10 Å². The van der Waals surface area contributed by atoms with Crippen LogP contribution in [0.2, 0.25) is 0 Å². The minimum Gasteiger partial charge on any atom is -0.481 e. The van der Waals surface area contributed by atoms with Gasteiger partial charge >= 0.3 is 0 Å². The first-order valence-corrected chi connectivity index (χ1v) is 6.45. The molecule has 2 atom stereocenters. The highest BCUT2D eigenvalue weighted by atomic mass is 19.1. The summed E-state index contributed by atoms with van der Waals surface area (Å²) in [4.78, 5) is 13.7. The predicted octanol–water partition coefficient (Wildman–Crippen LogP) is 1.58. The maximum atomic E-state index is 12.8. The van der Waals surface area contributed by atoms with Crippen LogP contribution >= 0.6 is 0 Å². The number of ether oxygens (including phenoxy) is 1. The summed E-state index contributed by atoms with van der Waals surface area (Å²) in [5, 5.41) is 9.55. The van der Waals surface area contributed by atoms with Crippen molar-refractivity contribution in [2.45, 2.75) is 32.0 Å². The molecule has 0 radical (unpaired) electrons. The van der Waals surface area contributed by atoms with E-state index in [1.165, 1.54) is 24.3 Å². The van der Waals surface area contributed by atoms with E-state index >= 15 is 0 Å². The Labute approximate surface area is 111 Å². The molecule has 1 N–H and O–H groups in total. The summed E-state index contributed by atoms with van der Waals surface area (Å²) in [6.07, 6.45) is 0.444. The zero-order valence-corrected chi connectivity index (χ0v) is 10.9. The van der Waals surface area contributed by atoms with E-state index in [0.717, 1.165) is 12.8 Å². The smallest absolute Gasteiger partial charge is 0.263 e. The number of carbonyl (C=O) groups is 1. The Kier molecular flexibility index (Phi) is 4.37. The van der Waals surface area contributed by atoms with Gasteiger partial charge < -0.3 is 14.7 Å². The second-order valence-electron chi connectivity index (χ2n) is 4.79. The lowest BCUT2D eigenvalue weighted by Gasteiger charge is -2.32. The molecule has 0 bridgehead atoms. The molecule has 5 heteroatoms. The average Bonchev–Trinajstić information content (AvgIpc) is 2.40. The second-order valence-corrected chi connectivity index (χ2v) is 4.79. The number of amides is 1. The Bertz CT molecular complexity index is 435. The molecule has 0 aromatic heterocycles. The third-order valence-electron chi connectivity index (χ3n) is 3.18. The number of carbonyl (C=O) groups excluding carboxylic acids is 1. The van der Waals surface area contributed by atoms with Gasteiger partial charge in [0.25, 0.3) is 5.91 Å². The highest BCUT2D eigenvalue weighted by Gasteiger charge is 2.26. The van der Waals surface area contributed by atoms with Crippen molar-refractivity contribution in [2.24, 2.45) is 0 Å². The van der Waals surface area contributed by atoms with Crippen molar-refractivity contribution in [2.75, 3.05) is 13.1 Å². The van der Waals surface area contributed by atoms with Crippen LogP contribution in [0.3, 0.4) is 0 Å². The molecule has 1 aromatic rings. The number of aliphatic hydroxyl groups excluding tert-OH is 1. The van der Waals surface area contributed by atoms with Crippen LogP contribution in [0.5, 0.6) is 5.75 Å². The highest BCUT2D eigenvalue weighted by Crippen LogP contribution is 2.16. The van der Waals surface area contributed by atoms with Gasteiger partial charge in [-0.3, -0.25) is 4.79 Å². The summed E-state index contributed by atoms with van der Waals surface area (Å²) in [5.74, 6) is -0.0339. The quantitative estimate of drug-likeness (QED) is 0.904. The van der Waals surface area contributed by atoms with Crippen LogP contribution in [0, 0.1) is 5.82 Å². The van der Waals surface area contributed by atoms with Gasteiger partial charge in [-0.25, -0.2) is 4.39 Å². The SMILES string of the molecule is CC(Oc1ccc(F)cc1)C(=O)N1CCC[C@H](O)C1. The first kappa shape index (κ1) is 13.8. The number of nitrogens with zero attached hydrogens (tertiary/aromatic N) is 1. The van der Waals surface area contributed by atoms with Gasteiger partial charge in [-0.1, -0.05) is 0 Å². The third-order valence-corrected chi connectivity index (χ3v) is 3.18. The molecule has 1 aromatic carbocycles. The van der Waals surface area contributed by atoms with E-state index in [0.29, 0.717) is 18.8 Å². The van der Waals surface area contributed by atoms with Gasteiger partial charge in [-0.05, 0) is 44.0 Å². The van der Waals surface area contributed by atoms with E-state index in [-0.39, 0.29) is 11.7 Å². The zero-order valence-electron chi connectivity index (χ0n) is 10.9. The van der Waals surface area contributed by atoms with Crippen LogP contribution in [-0.4, -0.2) is 41.2 Å². The number of likely N-dealkylation sites (tertiary alicyclic amines) is 1. The fourth-order valence-electron chi connectivity index (χ4n) is 2.18. The molecule has 1 aliphatic rings. The van der Waals surface area contributed by atoms with Crippen LogP contribution in [0.25, 0.3) is 0 Å². The van der Waals surface area contributed by atoms with Gasteiger partial charge in [0.2, 0.25) is 0 Å². The Hall–Kier alpha value is -1.62. The molecule has 0 aliphatic carbocycles. The molecule has 4 nitrogen and oxygen atoms in total. The molecular formula is C14H18FNO3. The monoisotopic (exact) mass is 267 g/mol. The first-order valence-electron chi connectivity index (χ1n) is 6.45. The van der Waals surface area contributed by atoms with E-state index in [1.54, 1.807) is 11.8 Å². The number of halogens is 1. The number of aliphatic hydroxyl groups is 1. The normalized spacial score (nSPS) is 21.0. The Balaban J connectivity index is 1.93. The summed E-state index contributed by atoms with van der Waals surface area (Å²) in [7, 11) is 0. The molecule has 1 fully saturated rings. The lowest BCUT2D eigenvalue weighted by Crippen LogP contribution is -2.47. The largest absolute Gasteiger partial charge is 0.481 e. The van der Waals surface area contributed by atoms with Crippen LogP contribution in [0.15, 0.2) is 24.3 Å². The Morgan fingerprint density at radius 1 is 1.47 bits per heavy atom. The Morgan fingerprint density at radius 3 is 2.79 bits per heavy atom. The first-order chi connectivity index (χ1) is 9.06. The van der Waals surface area contributed by atoms with Gasteiger partial charge in [0.15, 0.2) is 6.10 Å². The molecule has 1 heterocycles. The number of piperidine rings is 1. The number of β-amino-alcohol motifs (C(OH)–C–C–N with tert-alkyl or cyclic N) is 1.